The Hall–Kier alpha value is -0.340. The minimum absolute atomic E-state index is 0.172. The van der Waals surface area contributed by atoms with Gasteiger partial charge in [-0.05, 0) is 20.0 Å². The molecule has 0 bridgehead atoms. The summed E-state index contributed by atoms with van der Waals surface area (Å²) in [6, 6.07) is -0.278. The minimum Gasteiger partial charge on any atom is -0.388 e. The summed E-state index contributed by atoms with van der Waals surface area (Å²) in [5, 5.41) is 26.9. The van der Waals surface area contributed by atoms with Crippen molar-refractivity contribution in [2.24, 2.45) is 4.99 Å². The summed E-state index contributed by atoms with van der Waals surface area (Å²) in [5.74, 6) is 0. The van der Waals surface area contributed by atoms with Crippen LogP contribution in [0.15, 0.2) is 4.99 Å². The fourth-order valence-corrected chi connectivity index (χ4v) is 3.22. The molecule has 2 aliphatic heterocycles. The van der Waals surface area contributed by atoms with Gasteiger partial charge in [-0.3, -0.25) is 4.99 Å². The largest absolute Gasteiger partial charge is 0.388 e. The maximum absolute atomic E-state index is 10.0. The zero-order valence-electron chi connectivity index (χ0n) is 9.96. The highest BCUT2D eigenvalue weighted by molar-refractivity contribution is 8.14. The summed E-state index contributed by atoms with van der Waals surface area (Å²) in [6.45, 7) is 0.749. The number of aliphatic hydroxyl groups is 2. The van der Waals surface area contributed by atoms with Crippen molar-refractivity contribution in [3.8, 4) is 0 Å². The lowest BCUT2D eigenvalue weighted by Crippen LogP contribution is -2.59. The van der Waals surface area contributed by atoms with E-state index in [-0.39, 0.29) is 17.6 Å². The number of nitrogens with one attached hydrogen (secondary N) is 2. The number of nitrogens with zero attached hydrogens (tertiary/aromatic N) is 1. The standard InChI is InChI=1S/C10H19N3O3S/c1-11-4-3-5-7(14)8(15)6-9(16-5)17-10(12-2)13-6/h5-9,11,14-15H,3-4H2,1-2H3,(H,12,13). The van der Waals surface area contributed by atoms with Gasteiger partial charge in [0.1, 0.15) is 17.6 Å². The third-order valence-electron chi connectivity index (χ3n) is 3.10. The third kappa shape index (κ3) is 2.58. The summed E-state index contributed by atoms with van der Waals surface area (Å²) in [6.07, 6.45) is -1.32. The molecule has 2 aliphatic rings. The highest BCUT2D eigenvalue weighted by atomic mass is 32.2. The lowest BCUT2D eigenvalue weighted by Gasteiger charge is -2.39. The van der Waals surface area contributed by atoms with E-state index >= 15 is 0 Å². The summed E-state index contributed by atoms with van der Waals surface area (Å²) in [7, 11) is 3.54. The first-order chi connectivity index (χ1) is 8.17. The normalized spacial score (nSPS) is 43.5. The van der Waals surface area contributed by atoms with Crippen LogP contribution >= 0.6 is 11.8 Å². The van der Waals surface area contributed by atoms with Crippen molar-refractivity contribution in [2.75, 3.05) is 20.6 Å². The molecule has 0 aromatic carbocycles. The van der Waals surface area contributed by atoms with Crippen molar-refractivity contribution in [2.45, 2.75) is 36.2 Å². The average molecular weight is 261 g/mol. The molecule has 0 radical (unpaired) electrons. The van der Waals surface area contributed by atoms with Crippen LogP contribution in [0.25, 0.3) is 0 Å². The molecule has 17 heavy (non-hydrogen) atoms. The Morgan fingerprint density at radius 2 is 2.24 bits per heavy atom. The second kappa shape index (κ2) is 5.53. The molecule has 2 fully saturated rings. The lowest BCUT2D eigenvalue weighted by molar-refractivity contribution is -0.157. The number of rotatable bonds is 3. The van der Waals surface area contributed by atoms with Gasteiger partial charge >= 0.3 is 0 Å². The smallest absolute Gasteiger partial charge is 0.159 e. The molecule has 5 unspecified atom stereocenters. The van der Waals surface area contributed by atoms with Gasteiger partial charge in [0.2, 0.25) is 0 Å². The predicted molar refractivity (Wildman–Crippen MR) is 67.1 cm³/mol. The Balaban J connectivity index is 2.03. The Labute approximate surface area is 105 Å². The van der Waals surface area contributed by atoms with Crippen LogP contribution in [-0.4, -0.2) is 65.8 Å². The van der Waals surface area contributed by atoms with Crippen LogP contribution in [0, 0.1) is 0 Å². The molecule has 0 aromatic heterocycles. The van der Waals surface area contributed by atoms with E-state index in [0.717, 1.165) is 11.7 Å². The van der Waals surface area contributed by atoms with Gasteiger partial charge in [0.15, 0.2) is 5.17 Å². The van der Waals surface area contributed by atoms with Crippen LogP contribution in [0.3, 0.4) is 0 Å². The second-order valence-corrected chi connectivity index (χ2v) is 5.32. The second-order valence-electron chi connectivity index (χ2n) is 4.23. The number of thioether (sulfide) groups is 1. The molecule has 98 valence electrons. The molecule has 0 amide bonds. The van der Waals surface area contributed by atoms with E-state index in [1.807, 2.05) is 7.05 Å². The molecule has 2 heterocycles. The van der Waals surface area contributed by atoms with Gasteiger partial charge in [0.25, 0.3) is 0 Å². The summed E-state index contributed by atoms with van der Waals surface area (Å²) in [5.41, 5.74) is -0.172. The molecule has 0 aliphatic carbocycles. The third-order valence-corrected chi connectivity index (χ3v) is 4.26. The number of hydrogen-bond donors (Lipinski definition) is 4. The maximum atomic E-state index is 10.0. The first kappa shape index (κ1) is 13.1. The van der Waals surface area contributed by atoms with E-state index < -0.39 is 12.2 Å². The Morgan fingerprint density at radius 1 is 1.47 bits per heavy atom. The number of aliphatic imine (C=N–C) groups is 1. The Kier molecular flexibility index (Phi) is 4.26. The summed E-state index contributed by atoms with van der Waals surface area (Å²) < 4.78 is 5.80. The fraction of sp³-hybridized carbons (Fsp3) is 0.900. The van der Waals surface area contributed by atoms with Crippen molar-refractivity contribution < 1.29 is 14.9 Å². The fourth-order valence-electron chi connectivity index (χ4n) is 2.11. The molecule has 5 atom stereocenters. The zero-order valence-corrected chi connectivity index (χ0v) is 10.8. The van der Waals surface area contributed by atoms with Crippen molar-refractivity contribution in [3.05, 3.63) is 0 Å². The minimum atomic E-state index is -0.853. The van der Waals surface area contributed by atoms with Crippen LogP contribution in [-0.2, 0) is 4.74 Å². The highest BCUT2D eigenvalue weighted by Gasteiger charge is 2.48. The van der Waals surface area contributed by atoms with E-state index in [9.17, 15) is 10.2 Å². The molecule has 0 saturated carbocycles. The molecular weight excluding hydrogens is 242 g/mol. The molecule has 7 heteroatoms. The number of amidine groups is 1. The van der Waals surface area contributed by atoms with Crippen molar-refractivity contribution in [1.29, 1.82) is 0 Å². The molecule has 0 spiro atoms. The van der Waals surface area contributed by atoms with E-state index in [2.05, 4.69) is 15.6 Å². The van der Waals surface area contributed by atoms with Crippen LogP contribution < -0.4 is 10.6 Å². The number of ether oxygens (including phenoxy) is 1. The predicted octanol–water partition coefficient (Wildman–Crippen LogP) is -1.27. The molecule has 2 saturated heterocycles. The topological polar surface area (TPSA) is 86.1 Å². The molecule has 0 aromatic rings. The Bertz CT molecular complexity index is 303. The zero-order chi connectivity index (χ0) is 12.4. The van der Waals surface area contributed by atoms with E-state index in [4.69, 9.17) is 4.74 Å². The van der Waals surface area contributed by atoms with Crippen molar-refractivity contribution >= 4 is 16.9 Å². The molecule has 4 N–H and O–H groups in total. The number of hydrogen-bond acceptors (Lipinski definition) is 6. The number of aliphatic hydroxyl groups excluding tert-OH is 2. The maximum Gasteiger partial charge on any atom is 0.159 e. The SMILES string of the molecule is CN=C1NC2C(OC(CCNC)C(O)C2O)S1. The Morgan fingerprint density at radius 3 is 2.88 bits per heavy atom. The van der Waals surface area contributed by atoms with E-state index in [1.54, 1.807) is 7.05 Å². The monoisotopic (exact) mass is 261 g/mol. The van der Waals surface area contributed by atoms with Crippen LogP contribution in [0.5, 0.6) is 0 Å². The van der Waals surface area contributed by atoms with Gasteiger partial charge in [0.05, 0.1) is 12.1 Å². The van der Waals surface area contributed by atoms with Crippen LogP contribution in [0.2, 0.25) is 0 Å². The number of fused-ring (bicyclic) bond motifs is 1. The van der Waals surface area contributed by atoms with Crippen LogP contribution in [0.1, 0.15) is 6.42 Å². The van der Waals surface area contributed by atoms with Crippen molar-refractivity contribution in [3.63, 3.8) is 0 Å². The van der Waals surface area contributed by atoms with Gasteiger partial charge in [-0.1, -0.05) is 11.8 Å². The molecular formula is C10H19N3O3S. The average Bonchev–Trinajstić information content (AvgIpc) is 2.75. The van der Waals surface area contributed by atoms with Crippen LogP contribution in [0.4, 0.5) is 0 Å². The molecule has 2 rings (SSSR count). The van der Waals surface area contributed by atoms with E-state index in [0.29, 0.717) is 6.42 Å². The van der Waals surface area contributed by atoms with E-state index in [1.165, 1.54) is 11.8 Å². The lowest BCUT2D eigenvalue weighted by atomic mass is 9.96. The summed E-state index contributed by atoms with van der Waals surface area (Å²) >= 11 is 1.46. The van der Waals surface area contributed by atoms with Crippen molar-refractivity contribution in [1.82, 2.24) is 10.6 Å². The van der Waals surface area contributed by atoms with Gasteiger partial charge in [-0.15, -0.1) is 0 Å². The van der Waals surface area contributed by atoms with Gasteiger partial charge < -0.3 is 25.6 Å². The van der Waals surface area contributed by atoms with Gasteiger partial charge in [-0.25, -0.2) is 0 Å². The highest BCUT2D eigenvalue weighted by Crippen LogP contribution is 2.34. The van der Waals surface area contributed by atoms with Gasteiger partial charge in [0, 0.05) is 7.05 Å². The summed E-state index contributed by atoms with van der Waals surface area (Å²) in [4.78, 5) is 4.04. The quantitative estimate of drug-likeness (QED) is 0.507. The molecule has 6 nitrogen and oxygen atoms in total. The van der Waals surface area contributed by atoms with Gasteiger partial charge in [-0.2, -0.15) is 0 Å². The first-order valence-corrected chi connectivity index (χ1v) is 6.61. The first-order valence-electron chi connectivity index (χ1n) is 5.73.